The molecular weight excluding hydrogens is 96.1 g/mol. The van der Waals surface area contributed by atoms with Crippen LogP contribution in [0, 0.1) is 12.0 Å². The molecule has 1 atom stereocenters. The molecule has 1 aliphatic carbocycles. The van der Waals surface area contributed by atoms with Crippen molar-refractivity contribution in [1.29, 1.82) is 0 Å². The molecule has 0 aliphatic heterocycles. The molecule has 0 spiro atoms. The quantitative estimate of drug-likeness (QED) is 0.445. The lowest BCUT2D eigenvalue weighted by Gasteiger charge is -1.95. The van der Waals surface area contributed by atoms with Gasteiger partial charge in [0.05, 0.1) is 0 Å². The van der Waals surface area contributed by atoms with E-state index in [0.29, 0.717) is 5.92 Å². The van der Waals surface area contributed by atoms with Gasteiger partial charge >= 0.3 is 0 Å². The Hall–Kier alpha value is -0.520. The smallest absolute Gasteiger partial charge is 0.00259 e. The van der Waals surface area contributed by atoms with Crippen LogP contribution in [0.1, 0.15) is 20.8 Å². The Balaban J connectivity index is 2.78. The SMILES string of the molecule is CC1=[C]C(C)C(C)=C1. The van der Waals surface area contributed by atoms with E-state index in [0.717, 1.165) is 0 Å². The van der Waals surface area contributed by atoms with Crippen LogP contribution in [0.2, 0.25) is 0 Å². The van der Waals surface area contributed by atoms with Crippen molar-refractivity contribution >= 4 is 0 Å². The molecule has 0 N–H and O–H groups in total. The first-order valence-corrected chi connectivity index (χ1v) is 2.98. The molecule has 1 rings (SSSR count). The summed E-state index contributed by atoms with van der Waals surface area (Å²) >= 11 is 0. The molecule has 43 valence electrons. The van der Waals surface area contributed by atoms with E-state index >= 15 is 0 Å². The Morgan fingerprint density at radius 1 is 1.50 bits per heavy atom. The van der Waals surface area contributed by atoms with Crippen LogP contribution < -0.4 is 0 Å². The molecule has 0 amide bonds. The summed E-state index contributed by atoms with van der Waals surface area (Å²) in [6.07, 6.45) is 5.48. The van der Waals surface area contributed by atoms with Gasteiger partial charge in [0.2, 0.25) is 0 Å². The second-order valence-corrected chi connectivity index (χ2v) is 2.44. The van der Waals surface area contributed by atoms with Crippen LogP contribution in [0.15, 0.2) is 17.2 Å². The van der Waals surface area contributed by atoms with Gasteiger partial charge in [-0.05, 0) is 25.5 Å². The van der Waals surface area contributed by atoms with Gasteiger partial charge < -0.3 is 0 Å². The van der Waals surface area contributed by atoms with Gasteiger partial charge in [-0.3, -0.25) is 0 Å². The zero-order valence-electron chi connectivity index (χ0n) is 5.65. The maximum Gasteiger partial charge on any atom is 0.00259 e. The van der Waals surface area contributed by atoms with Crippen molar-refractivity contribution in [3.8, 4) is 0 Å². The van der Waals surface area contributed by atoms with Crippen molar-refractivity contribution in [2.24, 2.45) is 5.92 Å². The third kappa shape index (κ3) is 0.835. The van der Waals surface area contributed by atoms with Crippen LogP contribution in [0.5, 0.6) is 0 Å². The predicted octanol–water partition coefficient (Wildman–Crippen LogP) is 2.33. The predicted molar refractivity (Wildman–Crippen MR) is 35.4 cm³/mol. The number of allylic oxidation sites excluding steroid dienone is 4. The number of hydrogen-bond acceptors (Lipinski definition) is 0. The molecule has 0 saturated heterocycles. The Morgan fingerprint density at radius 3 is 2.25 bits per heavy atom. The Bertz CT molecular complexity index is 149. The van der Waals surface area contributed by atoms with Gasteiger partial charge in [0.15, 0.2) is 0 Å². The average Bonchev–Trinajstić information content (AvgIpc) is 1.85. The van der Waals surface area contributed by atoms with Crippen molar-refractivity contribution in [1.82, 2.24) is 0 Å². The summed E-state index contributed by atoms with van der Waals surface area (Å²) in [6, 6.07) is 0. The van der Waals surface area contributed by atoms with E-state index in [-0.39, 0.29) is 0 Å². The highest BCUT2D eigenvalue weighted by atomic mass is 14.1. The zero-order valence-corrected chi connectivity index (χ0v) is 5.65. The van der Waals surface area contributed by atoms with Crippen molar-refractivity contribution in [2.45, 2.75) is 20.8 Å². The first kappa shape index (κ1) is 5.61. The maximum absolute atomic E-state index is 3.29. The molecule has 0 saturated carbocycles. The van der Waals surface area contributed by atoms with Gasteiger partial charge in [-0.25, -0.2) is 0 Å². The number of hydrogen-bond donors (Lipinski definition) is 0. The summed E-state index contributed by atoms with van der Waals surface area (Å²) in [5, 5.41) is 0. The number of rotatable bonds is 0. The molecule has 8 heavy (non-hydrogen) atoms. The van der Waals surface area contributed by atoms with Crippen LogP contribution in [0.3, 0.4) is 0 Å². The Labute approximate surface area is 50.9 Å². The van der Waals surface area contributed by atoms with Crippen molar-refractivity contribution in [3.63, 3.8) is 0 Å². The molecule has 1 aliphatic rings. The lowest BCUT2D eigenvalue weighted by Crippen LogP contribution is -1.84. The maximum atomic E-state index is 3.29. The lowest BCUT2D eigenvalue weighted by atomic mass is 10.1. The van der Waals surface area contributed by atoms with Gasteiger partial charge in [-0.2, -0.15) is 0 Å². The van der Waals surface area contributed by atoms with Crippen LogP contribution in [0.4, 0.5) is 0 Å². The summed E-state index contributed by atoms with van der Waals surface area (Å²) in [4.78, 5) is 0. The standard InChI is InChI=1S/C8H11/c1-6-4-7(2)8(3)5-6/h4,8H,1-3H3. The first-order chi connectivity index (χ1) is 3.70. The fourth-order valence-electron chi connectivity index (χ4n) is 0.964. The fraction of sp³-hybridized carbons (Fsp3) is 0.500. The molecule has 0 heteroatoms. The van der Waals surface area contributed by atoms with E-state index in [2.05, 4.69) is 32.9 Å². The Kier molecular flexibility index (Phi) is 1.24. The summed E-state index contributed by atoms with van der Waals surface area (Å²) in [7, 11) is 0. The van der Waals surface area contributed by atoms with Crippen LogP contribution in [0.25, 0.3) is 0 Å². The summed E-state index contributed by atoms with van der Waals surface area (Å²) in [5.41, 5.74) is 2.72. The third-order valence-electron chi connectivity index (χ3n) is 1.57. The fourth-order valence-corrected chi connectivity index (χ4v) is 0.964. The molecule has 1 radical (unpaired) electrons. The van der Waals surface area contributed by atoms with Gasteiger partial charge in [0.1, 0.15) is 0 Å². The molecule has 0 heterocycles. The third-order valence-corrected chi connectivity index (χ3v) is 1.57. The van der Waals surface area contributed by atoms with E-state index in [4.69, 9.17) is 0 Å². The van der Waals surface area contributed by atoms with E-state index in [1.54, 1.807) is 0 Å². The second kappa shape index (κ2) is 1.77. The van der Waals surface area contributed by atoms with Gasteiger partial charge in [0.25, 0.3) is 0 Å². The Morgan fingerprint density at radius 2 is 2.12 bits per heavy atom. The van der Waals surface area contributed by atoms with Gasteiger partial charge in [0, 0.05) is 5.92 Å². The van der Waals surface area contributed by atoms with E-state index < -0.39 is 0 Å². The van der Waals surface area contributed by atoms with Gasteiger partial charge in [-0.15, -0.1) is 0 Å². The molecule has 0 aromatic heterocycles. The van der Waals surface area contributed by atoms with Crippen LogP contribution >= 0.6 is 0 Å². The molecule has 0 bridgehead atoms. The molecule has 0 aromatic rings. The van der Waals surface area contributed by atoms with Crippen molar-refractivity contribution in [3.05, 3.63) is 23.3 Å². The first-order valence-electron chi connectivity index (χ1n) is 2.98. The average molecular weight is 107 g/mol. The normalized spacial score (nSPS) is 27.6. The van der Waals surface area contributed by atoms with Crippen LogP contribution in [-0.2, 0) is 0 Å². The highest BCUT2D eigenvalue weighted by Gasteiger charge is 2.06. The van der Waals surface area contributed by atoms with Crippen molar-refractivity contribution < 1.29 is 0 Å². The zero-order chi connectivity index (χ0) is 6.15. The van der Waals surface area contributed by atoms with Crippen molar-refractivity contribution in [2.75, 3.05) is 0 Å². The largest absolute Gasteiger partial charge is 0.0658 e. The van der Waals surface area contributed by atoms with Crippen LogP contribution in [-0.4, -0.2) is 0 Å². The minimum atomic E-state index is 0.565. The summed E-state index contributed by atoms with van der Waals surface area (Å²) in [5.74, 6) is 0.565. The lowest BCUT2D eigenvalue weighted by molar-refractivity contribution is 0.855. The second-order valence-electron chi connectivity index (χ2n) is 2.44. The topological polar surface area (TPSA) is 0 Å². The minimum Gasteiger partial charge on any atom is -0.0658 e. The molecule has 0 fully saturated rings. The molecule has 0 nitrogen and oxygen atoms in total. The highest BCUT2D eigenvalue weighted by molar-refractivity contribution is 5.28. The minimum absolute atomic E-state index is 0.565. The van der Waals surface area contributed by atoms with E-state index in [9.17, 15) is 0 Å². The molecule has 0 aromatic carbocycles. The van der Waals surface area contributed by atoms with E-state index in [1.807, 2.05) is 0 Å². The monoisotopic (exact) mass is 107 g/mol. The summed E-state index contributed by atoms with van der Waals surface area (Å²) < 4.78 is 0. The van der Waals surface area contributed by atoms with Gasteiger partial charge in [-0.1, -0.05) is 18.6 Å². The molecule has 1 unspecified atom stereocenters. The highest BCUT2D eigenvalue weighted by Crippen LogP contribution is 2.20. The molecular formula is C8H11. The summed E-state index contributed by atoms with van der Waals surface area (Å²) in [6.45, 7) is 6.41. The van der Waals surface area contributed by atoms with E-state index in [1.165, 1.54) is 11.1 Å².